The molecule has 1 aliphatic heterocycles. The minimum Gasteiger partial charge on any atom is -0.481 e. The quantitative estimate of drug-likeness (QED) is 0.349. The molecular weight excluding hydrogens is 459 g/mol. The molecule has 6 rings (SSSR count). The number of hydrogen-bond acceptors (Lipinski definition) is 5. The van der Waals surface area contributed by atoms with E-state index in [9.17, 15) is 9.18 Å². The normalized spacial score (nSPS) is 14.2. The summed E-state index contributed by atoms with van der Waals surface area (Å²) in [6, 6.07) is 22.6. The second kappa shape index (κ2) is 9.05. The van der Waals surface area contributed by atoms with Crippen molar-refractivity contribution in [2.45, 2.75) is 13.1 Å². The summed E-state index contributed by atoms with van der Waals surface area (Å²) in [6.45, 7) is 2.48. The Bertz CT molecular complexity index is 1540. The van der Waals surface area contributed by atoms with Gasteiger partial charge in [0.25, 0.3) is 5.89 Å². The van der Waals surface area contributed by atoms with Crippen LogP contribution in [-0.2, 0) is 17.9 Å². The van der Waals surface area contributed by atoms with Crippen LogP contribution in [0.15, 0.2) is 83.5 Å². The Morgan fingerprint density at radius 2 is 1.75 bits per heavy atom. The van der Waals surface area contributed by atoms with Crippen LogP contribution < -0.4 is 0 Å². The summed E-state index contributed by atoms with van der Waals surface area (Å²) in [7, 11) is 0. The van der Waals surface area contributed by atoms with E-state index in [1.807, 2.05) is 48.7 Å². The van der Waals surface area contributed by atoms with Crippen LogP contribution in [0.4, 0.5) is 4.39 Å². The Hall–Kier alpha value is -4.30. The van der Waals surface area contributed by atoms with E-state index in [0.29, 0.717) is 48.8 Å². The first-order chi connectivity index (χ1) is 17.5. The van der Waals surface area contributed by atoms with Gasteiger partial charge in [0, 0.05) is 48.8 Å². The van der Waals surface area contributed by atoms with Crippen LogP contribution in [0, 0.1) is 11.7 Å². The third-order valence-corrected chi connectivity index (χ3v) is 6.62. The molecule has 0 bridgehead atoms. The third kappa shape index (κ3) is 4.27. The molecule has 180 valence electrons. The minimum absolute atomic E-state index is 0.269. The summed E-state index contributed by atoms with van der Waals surface area (Å²) in [6.07, 6.45) is 1.93. The summed E-state index contributed by atoms with van der Waals surface area (Å²) >= 11 is 0. The van der Waals surface area contributed by atoms with Crippen LogP contribution >= 0.6 is 0 Å². The lowest BCUT2D eigenvalue weighted by atomic mass is 9.99. The lowest BCUT2D eigenvalue weighted by Crippen LogP contribution is -2.49. The number of carbonyl (C=O) groups is 1. The molecule has 0 spiro atoms. The van der Waals surface area contributed by atoms with E-state index in [0.717, 1.165) is 22.2 Å². The van der Waals surface area contributed by atoms with Gasteiger partial charge in [0.1, 0.15) is 5.82 Å². The number of carboxylic acids is 1. The number of hydrogen-bond donors (Lipinski definition) is 1. The van der Waals surface area contributed by atoms with Crippen molar-refractivity contribution in [2.75, 3.05) is 13.1 Å². The number of halogens is 1. The maximum Gasteiger partial charge on any atom is 0.309 e. The minimum atomic E-state index is -0.736. The van der Waals surface area contributed by atoms with Crippen LogP contribution in [0.5, 0.6) is 0 Å². The molecule has 0 amide bonds. The van der Waals surface area contributed by atoms with Gasteiger partial charge in [-0.05, 0) is 29.3 Å². The number of aromatic nitrogens is 3. The summed E-state index contributed by atoms with van der Waals surface area (Å²) < 4.78 is 21.8. The topological polar surface area (TPSA) is 84.4 Å². The van der Waals surface area contributed by atoms with Gasteiger partial charge in [-0.3, -0.25) is 9.69 Å². The van der Waals surface area contributed by atoms with Crippen molar-refractivity contribution < 1.29 is 18.8 Å². The molecule has 1 aliphatic rings. The van der Waals surface area contributed by atoms with Crippen molar-refractivity contribution in [2.24, 2.45) is 5.92 Å². The number of benzene rings is 3. The van der Waals surface area contributed by atoms with Crippen molar-refractivity contribution >= 4 is 16.9 Å². The average Bonchev–Trinajstić information content (AvgIpc) is 3.47. The molecule has 3 heterocycles. The number of fused-ring (bicyclic) bond motifs is 1. The van der Waals surface area contributed by atoms with E-state index in [1.54, 1.807) is 6.07 Å². The van der Waals surface area contributed by atoms with E-state index in [-0.39, 0.29) is 11.7 Å². The second-order valence-electron chi connectivity index (χ2n) is 9.17. The summed E-state index contributed by atoms with van der Waals surface area (Å²) in [4.78, 5) is 17.7. The number of likely N-dealkylation sites (tertiary alicyclic amines) is 1. The molecule has 0 aliphatic carbocycles. The van der Waals surface area contributed by atoms with Crippen LogP contribution in [0.25, 0.3) is 33.7 Å². The van der Waals surface area contributed by atoms with Gasteiger partial charge in [-0.2, -0.15) is 4.98 Å². The van der Waals surface area contributed by atoms with Crippen molar-refractivity contribution in [1.29, 1.82) is 0 Å². The molecule has 0 atom stereocenters. The zero-order valence-corrected chi connectivity index (χ0v) is 19.3. The first kappa shape index (κ1) is 22.2. The largest absolute Gasteiger partial charge is 0.481 e. The Labute approximate surface area is 206 Å². The molecule has 1 fully saturated rings. The van der Waals surface area contributed by atoms with Crippen molar-refractivity contribution in [1.82, 2.24) is 19.6 Å². The molecule has 8 heteroatoms. The molecule has 7 nitrogen and oxygen atoms in total. The fraction of sp³-hybridized carbons (Fsp3) is 0.179. The smallest absolute Gasteiger partial charge is 0.309 e. The fourth-order valence-electron chi connectivity index (χ4n) is 4.67. The lowest BCUT2D eigenvalue weighted by Gasteiger charge is -2.36. The highest BCUT2D eigenvalue weighted by atomic mass is 19.1. The molecule has 1 N–H and O–H groups in total. The number of nitrogens with zero attached hydrogens (tertiary/aromatic N) is 4. The van der Waals surface area contributed by atoms with Crippen molar-refractivity contribution in [3.63, 3.8) is 0 Å². The zero-order valence-electron chi connectivity index (χ0n) is 19.3. The van der Waals surface area contributed by atoms with Gasteiger partial charge in [0.2, 0.25) is 5.82 Å². The van der Waals surface area contributed by atoms with Gasteiger partial charge in [-0.15, -0.1) is 0 Å². The highest BCUT2D eigenvalue weighted by Gasteiger charge is 2.32. The predicted molar refractivity (Wildman–Crippen MR) is 133 cm³/mol. The predicted octanol–water partition coefficient (Wildman–Crippen LogP) is 5.06. The highest BCUT2D eigenvalue weighted by molar-refractivity contribution is 5.94. The van der Waals surface area contributed by atoms with Crippen molar-refractivity contribution in [3.05, 3.63) is 95.9 Å². The van der Waals surface area contributed by atoms with Gasteiger partial charge in [-0.1, -0.05) is 59.8 Å². The van der Waals surface area contributed by atoms with Gasteiger partial charge in [0.05, 0.1) is 11.5 Å². The Balaban J connectivity index is 1.25. The van der Waals surface area contributed by atoms with E-state index in [2.05, 4.69) is 31.7 Å². The standard InChI is InChI=1S/C28H23FN4O3/c29-22-10-11-25-23(12-22)24(17-33(25)14-18-4-2-1-3-5-18)27-30-26(31-36-27)20-8-6-19(7-9-20)13-32-15-21(16-32)28(34)35/h1-12,17,21H,13-16H2,(H,34,35). The Morgan fingerprint density at radius 3 is 2.50 bits per heavy atom. The average molecular weight is 483 g/mol. The lowest BCUT2D eigenvalue weighted by molar-refractivity contribution is -0.147. The van der Waals surface area contributed by atoms with E-state index >= 15 is 0 Å². The number of carboxylic acid groups (broad SMARTS) is 1. The molecule has 0 unspecified atom stereocenters. The maximum atomic E-state index is 14.1. The molecule has 1 saturated heterocycles. The van der Waals surface area contributed by atoms with Gasteiger partial charge >= 0.3 is 5.97 Å². The number of rotatable bonds is 7. The SMILES string of the molecule is O=C(O)C1CN(Cc2ccc(-c3noc(-c4cn(Cc5ccccc5)c5ccc(F)cc45)n3)cc2)C1. The number of aliphatic carboxylic acids is 1. The first-order valence-corrected chi connectivity index (χ1v) is 11.7. The summed E-state index contributed by atoms with van der Waals surface area (Å²) in [5, 5.41) is 13.9. The second-order valence-corrected chi connectivity index (χ2v) is 9.17. The molecule has 2 aromatic heterocycles. The van der Waals surface area contributed by atoms with Crippen molar-refractivity contribution in [3.8, 4) is 22.8 Å². The Morgan fingerprint density at radius 1 is 1.00 bits per heavy atom. The fourth-order valence-corrected chi connectivity index (χ4v) is 4.67. The molecule has 0 radical (unpaired) electrons. The zero-order chi connectivity index (χ0) is 24.6. The maximum absolute atomic E-state index is 14.1. The Kier molecular flexibility index (Phi) is 5.58. The van der Waals surface area contributed by atoms with E-state index in [4.69, 9.17) is 9.63 Å². The monoisotopic (exact) mass is 482 g/mol. The van der Waals surface area contributed by atoms with Crippen LogP contribution in [0.2, 0.25) is 0 Å². The van der Waals surface area contributed by atoms with Crippen LogP contribution in [0.1, 0.15) is 11.1 Å². The first-order valence-electron chi connectivity index (χ1n) is 11.7. The molecular formula is C28H23FN4O3. The van der Waals surface area contributed by atoms with E-state index in [1.165, 1.54) is 12.1 Å². The van der Waals surface area contributed by atoms with Gasteiger partial charge < -0.3 is 14.2 Å². The van der Waals surface area contributed by atoms with Gasteiger partial charge in [0.15, 0.2) is 0 Å². The molecule has 5 aromatic rings. The third-order valence-electron chi connectivity index (χ3n) is 6.62. The molecule has 36 heavy (non-hydrogen) atoms. The van der Waals surface area contributed by atoms with Gasteiger partial charge in [-0.25, -0.2) is 4.39 Å². The van der Waals surface area contributed by atoms with E-state index < -0.39 is 5.97 Å². The van der Waals surface area contributed by atoms with Crippen LogP contribution in [-0.4, -0.2) is 43.8 Å². The summed E-state index contributed by atoms with van der Waals surface area (Å²) in [5.41, 5.74) is 4.59. The highest BCUT2D eigenvalue weighted by Crippen LogP contribution is 2.32. The molecule has 0 saturated carbocycles. The molecule has 3 aromatic carbocycles. The van der Waals surface area contributed by atoms with Crippen LogP contribution in [0.3, 0.4) is 0 Å². The summed E-state index contributed by atoms with van der Waals surface area (Å²) in [5.74, 6) is -0.549.